The molecule has 0 unspecified atom stereocenters. The summed E-state index contributed by atoms with van der Waals surface area (Å²) < 4.78 is 32.8. The van der Waals surface area contributed by atoms with Crippen LogP contribution >= 0.6 is 0 Å². The minimum atomic E-state index is -3.74. The van der Waals surface area contributed by atoms with Gasteiger partial charge in [-0.15, -0.1) is 0 Å². The molecule has 3 aromatic rings. The van der Waals surface area contributed by atoms with Crippen LogP contribution in [-0.4, -0.2) is 21.4 Å². The first-order valence-electron chi connectivity index (χ1n) is 10.4. The van der Waals surface area contributed by atoms with E-state index in [-0.39, 0.29) is 10.8 Å². The predicted molar refractivity (Wildman–Crippen MR) is 128 cm³/mol. The summed E-state index contributed by atoms with van der Waals surface area (Å²) in [6.45, 7) is 4.29. The van der Waals surface area contributed by atoms with Crippen molar-refractivity contribution in [1.82, 2.24) is 0 Å². The highest BCUT2D eigenvalue weighted by Crippen LogP contribution is 2.21. The maximum Gasteiger partial charge on any atom is 0.261 e. The Morgan fingerprint density at radius 3 is 2.03 bits per heavy atom. The van der Waals surface area contributed by atoms with Crippen LogP contribution in [0, 0.1) is 0 Å². The van der Waals surface area contributed by atoms with Gasteiger partial charge in [-0.2, -0.15) is 0 Å². The molecule has 1 amide bonds. The van der Waals surface area contributed by atoms with Gasteiger partial charge >= 0.3 is 0 Å². The van der Waals surface area contributed by atoms with Crippen LogP contribution in [0.15, 0.2) is 77.7 Å². The van der Waals surface area contributed by atoms with Gasteiger partial charge in [-0.25, -0.2) is 8.42 Å². The normalized spacial score (nSPS) is 11.2. The first kappa shape index (κ1) is 23.3. The second-order valence-electron chi connectivity index (χ2n) is 7.80. The molecule has 0 aliphatic carbocycles. The summed E-state index contributed by atoms with van der Waals surface area (Å²) in [4.78, 5) is 12.4. The van der Waals surface area contributed by atoms with Crippen molar-refractivity contribution >= 4 is 27.3 Å². The molecule has 6 nitrogen and oxygen atoms in total. The Balaban J connectivity index is 1.55. The standard InChI is InChI=1S/C25H28N2O4S/c1-18(2)20-7-4-19(5-8-20)6-17-25(28)26-21-11-15-24(16-12-21)32(29,30)27-22-9-13-23(31-3)14-10-22/h4-5,7-16,18,27H,6,17H2,1-3H3,(H,26,28). The fraction of sp³-hybridized carbons (Fsp3) is 0.240. The highest BCUT2D eigenvalue weighted by molar-refractivity contribution is 7.92. The van der Waals surface area contributed by atoms with Crippen molar-refractivity contribution in [2.75, 3.05) is 17.1 Å². The molecule has 0 heterocycles. The number of amides is 1. The van der Waals surface area contributed by atoms with Crippen LogP contribution in [-0.2, 0) is 21.2 Å². The predicted octanol–water partition coefficient (Wildman–Crippen LogP) is 5.19. The van der Waals surface area contributed by atoms with E-state index in [9.17, 15) is 13.2 Å². The van der Waals surface area contributed by atoms with Crippen molar-refractivity contribution in [2.24, 2.45) is 0 Å². The lowest BCUT2D eigenvalue weighted by Gasteiger charge is -2.10. The number of ether oxygens (including phenoxy) is 1. The van der Waals surface area contributed by atoms with Crippen LogP contribution in [0.5, 0.6) is 5.75 Å². The lowest BCUT2D eigenvalue weighted by atomic mass is 10.0. The van der Waals surface area contributed by atoms with Crippen molar-refractivity contribution in [3.63, 3.8) is 0 Å². The number of hydrogen-bond acceptors (Lipinski definition) is 4. The molecule has 0 atom stereocenters. The Bertz CT molecular complexity index is 1140. The number of rotatable bonds is 9. The lowest BCUT2D eigenvalue weighted by Crippen LogP contribution is -2.14. The molecule has 3 aromatic carbocycles. The van der Waals surface area contributed by atoms with Crippen molar-refractivity contribution in [2.45, 2.75) is 37.5 Å². The van der Waals surface area contributed by atoms with Gasteiger partial charge < -0.3 is 10.1 Å². The zero-order valence-corrected chi connectivity index (χ0v) is 19.3. The number of carbonyl (C=O) groups excluding carboxylic acids is 1. The van der Waals surface area contributed by atoms with Gasteiger partial charge in [0.05, 0.1) is 12.0 Å². The van der Waals surface area contributed by atoms with Gasteiger partial charge in [0.1, 0.15) is 5.75 Å². The molecule has 0 aliphatic heterocycles. The Hall–Kier alpha value is -3.32. The van der Waals surface area contributed by atoms with E-state index in [1.165, 1.54) is 17.7 Å². The van der Waals surface area contributed by atoms with Gasteiger partial charge in [-0.1, -0.05) is 38.1 Å². The molecule has 32 heavy (non-hydrogen) atoms. The Labute approximate surface area is 189 Å². The van der Waals surface area contributed by atoms with Gasteiger partial charge in [0.15, 0.2) is 0 Å². The fourth-order valence-electron chi connectivity index (χ4n) is 3.14. The molecule has 0 radical (unpaired) electrons. The smallest absolute Gasteiger partial charge is 0.261 e. The molecular formula is C25H28N2O4S. The van der Waals surface area contributed by atoms with Crippen LogP contribution in [0.4, 0.5) is 11.4 Å². The Morgan fingerprint density at radius 2 is 1.47 bits per heavy atom. The van der Waals surface area contributed by atoms with Gasteiger partial charge in [-0.05, 0) is 72.0 Å². The minimum Gasteiger partial charge on any atom is -0.497 e. The summed E-state index contributed by atoms with van der Waals surface area (Å²) in [5.41, 5.74) is 3.36. The third-order valence-electron chi connectivity index (χ3n) is 5.08. The molecule has 2 N–H and O–H groups in total. The lowest BCUT2D eigenvalue weighted by molar-refractivity contribution is -0.116. The molecule has 0 saturated heterocycles. The van der Waals surface area contributed by atoms with Crippen LogP contribution < -0.4 is 14.8 Å². The molecule has 3 rings (SSSR count). The molecule has 0 aliphatic rings. The highest BCUT2D eigenvalue weighted by atomic mass is 32.2. The topological polar surface area (TPSA) is 84.5 Å². The summed E-state index contributed by atoms with van der Waals surface area (Å²) >= 11 is 0. The van der Waals surface area contributed by atoms with E-state index in [0.717, 1.165) is 5.56 Å². The maximum absolute atomic E-state index is 12.6. The van der Waals surface area contributed by atoms with E-state index < -0.39 is 10.0 Å². The average molecular weight is 453 g/mol. The Morgan fingerprint density at radius 1 is 0.875 bits per heavy atom. The zero-order chi connectivity index (χ0) is 23.1. The number of benzene rings is 3. The first-order valence-corrected chi connectivity index (χ1v) is 11.9. The molecule has 7 heteroatoms. The minimum absolute atomic E-state index is 0.108. The van der Waals surface area contributed by atoms with E-state index in [1.54, 1.807) is 43.5 Å². The van der Waals surface area contributed by atoms with Gasteiger partial charge in [-0.3, -0.25) is 9.52 Å². The van der Waals surface area contributed by atoms with E-state index >= 15 is 0 Å². The summed E-state index contributed by atoms with van der Waals surface area (Å²) in [6.07, 6.45) is 0.989. The number of hydrogen-bond donors (Lipinski definition) is 2. The monoisotopic (exact) mass is 452 g/mol. The maximum atomic E-state index is 12.6. The number of methoxy groups -OCH3 is 1. The summed E-state index contributed by atoms with van der Waals surface area (Å²) in [5, 5.41) is 2.81. The van der Waals surface area contributed by atoms with Crippen molar-refractivity contribution in [3.8, 4) is 5.75 Å². The molecule has 0 fully saturated rings. The number of carbonyl (C=O) groups is 1. The van der Waals surface area contributed by atoms with Gasteiger partial charge in [0, 0.05) is 17.8 Å². The van der Waals surface area contributed by atoms with E-state index in [2.05, 4.69) is 48.2 Å². The summed E-state index contributed by atoms with van der Waals surface area (Å²) in [7, 11) is -2.19. The van der Waals surface area contributed by atoms with Crippen LogP contribution in [0.3, 0.4) is 0 Å². The second kappa shape index (κ2) is 10.3. The second-order valence-corrected chi connectivity index (χ2v) is 9.49. The third kappa shape index (κ3) is 6.34. The van der Waals surface area contributed by atoms with Crippen molar-refractivity contribution in [1.29, 1.82) is 0 Å². The molecule has 168 valence electrons. The number of nitrogens with one attached hydrogen (secondary N) is 2. The fourth-order valence-corrected chi connectivity index (χ4v) is 4.20. The number of sulfonamides is 1. The van der Waals surface area contributed by atoms with Crippen molar-refractivity contribution in [3.05, 3.63) is 83.9 Å². The Kier molecular flexibility index (Phi) is 7.53. The molecule has 0 saturated carbocycles. The quantitative estimate of drug-likeness (QED) is 0.468. The molecule has 0 bridgehead atoms. The van der Waals surface area contributed by atoms with Crippen LogP contribution in [0.1, 0.15) is 37.3 Å². The molecular weight excluding hydrogens is 424 g/mol. The van der Waals surface area contributed by atoms with E-state index in [1.807, 2.05) is 0 Å². The highest BCUT2D eigenvalue weighted by Gasteiger charge is 2.14. The summed E-state index contributed by atoms with van der Waals surface area (Å²) in [6, 6.07) is 21.0. The molecule has 0 aromatic heterocycles. The SMILES string of the molecule is COc1ccc(NS(=O)(=O)c2ccc(NC(=O)CCc3ccc(C(C)C)cc3)cc2)cc1. The van der Waals surface area contributed by atoms with Gasteiger partial charge in [0.25, 0.3) is 10.0 Å². The summed E-state index contributed by atoms with van der Waals surface area (Å²) in [5.74, 6) is 0.996. The van der Waals surface area contributed by atoms with Crippen molar-refractivity contribution < 1.29 is 17.9 Å². The van der Waals surface area contributed by atoms with E-state index in [0.29, 0.717) is 35.9 Å². The van der Waals surface area contributed by atoms with Gasteiger partial charge in [0.2, 0.25) is 5.91 Å². The first-order chi connectivity index (χ1) is 15.3. The zero-order valence-electron chi connectivity index (χ0n) is 18.5. The average Bonchev–Trinajstić information content (AvgIpc) is 2.78. The largest absolute Gasteiger partial charge is 0.497 e. The number of aryl methyl sites for hydroxylation is 1. The van der Waals surface area contributed by atoms with E-state index in [4.69, 9.17) is 4.74 Å². The van der Waals surface area contributed by atoms with Crippen LogP contribution in [0.2, 0.25) is 0 Å². The molecule has 0 spiro atoms. The third-order valence-corrected chi connectivity index (χ3v) is 6.47. The number of anilines is 2. The van der Waals surface area contributed by atoms with Crippen LogP contribution in [0.25, 0.3) is 0 Å².